The highest BCUT2D eigenvalue weighted by atomic mass is 35.5. The van der Waals surface area contributed by atoms with Crippen LogP contribution in [0.2, 0.25) is 5.02 Å². The van der Waals surface area contributed by atoms with Crippen molar-refractivity contribution >= 4 is 56.0 Å². The second kappa shape index (κ2) is 11.6. The Labute approximate surface area is 214 Å². The fourth-order valence-corrected chi connectivity index (χ4v) is 5.35. The molecule has 0 aliphatic heterocycles. The van der Waals surface area contributed by atoms with Crippen LogP contribution < -0.4 is 10.0 Å². The van der Waals surface area contributed by atoms with Crippen LogP contribution in [0.3, 0.4) is 0 Å². The summed E-state index contributed by atoms with van der Waals surface area (Å²) in [5, 5.41) is 3.54. The largest absolute Gasteiger partial charge is 0.351 e. The molecule has 0 aliphatic carbocycles. The Morgan fingerprint density at radius 1 is 1.06 bits per heavy atom. The average Bonchev–Trinajstić information content (AvgIpc) is 3.33. The number of halogens is 1. The molecule has 0 spiro atoms. The summed E-state index contributed by atoms with van der Waals surface area (Å²) in [6.45, 7) is 8.20. The van der Waals surface area contributed by atoms with Crippen molar-refractivity contribution in [1.29, 1.82) is 0 Å². The highest BCUT2D eigenvalue weighted by molar-refractivity contribution is 7.93. The number of nitrogens with one attached hydrogen (secondary N) is 2. The summed E-state index contributed by atoms with van der Waals surface area (Å²) in [6.07, 6.45) is 0. The number of amides is 1. The van der Waals surface area contributed by atoms with Gasteiger partial charge in [0.15, 0.2) is 0 Å². The molecular weight excluding hydrogens is 504 g/mol. The van der Waals surface area contributed by atoms with Gasteiger partial charge in [0.25, 0.3) is 15.9 Å². The monoisotopic (exact) mass is 530 g/mol. The quantitative estimate of drug-likeness (QED) is 0.304. The molecule has 184 valence electrons. The number of carbonyl (C=O) groups is 1. The van der Waals surface area contributed by atoms with E-state index in [4.69, 9.17) is 11.6 Å². The van der Waals surface area contributed by atoms with Crippen LogP contribution in [0.25, 0.3) is 11.0 Å². The molecule has 0 saturated heterocycles. The van der Waals surface area contributed by atoms with Crippen LogP contribution in [0, 0.1) is 6.92 Å². The summed E-state index contributed by atoms with van der Waals surface area (Å²) in [4.78, 5) is 13.0. The number of rotatable bonds is 7. The van der Waals surface area contributed by atoms with Gasteiger partial charge in [-0.2, -0.15) is 8.75 Å². The van der Waals surface area contributed by atoms with Crippen molar-refractivity contribution in [2.75, 3.05) is 11.3 Å². The Bertz CT molecular complexity index is 1420. The minimum atomic E-state index is -4.00. The van der Waals surface area contributed by atoms with Crippen LogP contribution in [0.4, 0.5) is 5.69 Å². The maximum atomic E-state index is 13.2. The molecule has 1 amide bonds. The molecule has 4 aromatic rings. The van der Waals surface area contributed by atoms with E-state index in [9.17, 15) is 13.2 Å². The number of anilines is 1. The Morgan fingerprint density at radius 3 is 2.49 bits per heavy atom. The van der Waals surface area contributed by atoms with Gasteiger partial charge >= 0.3 is 0 Å². The fourth-order valence-electron chi connectivity index (χ4n) is 3.39. The first-order valence-electron chi connectivity index (χ1n) is 11.1. The van der Waals surface area contributed by atoms with Crippen molar-refractivity contribution in [2.45, 2.75) is 38.5 Å². The molecule has 1 unspecified atom stereocenters. The first-order valence-corrected chi connectivity index (χ1v) is 13.7. The highest BCUT2D eigenvalue weighted by Crippen LogP contribution is 2.26. The lowest BCUT2D eigenvalue weighted by molar-refractivity contribution is 0.0952. The molecule has 0 bridgehead atoms. The predicted molar refractivity (Wildman–Crippen MR) is 143 cm³/mol. The minimum Gasteiger partial charge on any atom is -0.351 e. The summed E-state index contributed by atoms with van der Waals surface area (Å²) in [6, 6.07) is 17.2. The lowest BCUT2D eigenvalue weighted by atomic mass is 10.0. The second-order valence-corrected chi connectivity index (χ2v) is 10.3. The van der Waals surface area contributed by atoms with Gasteiger partial charge in [0.05, 0.1) is 23.0 Å². The van der Waals surface area contributed by atoms with E-state index in [0.717, 1.165) is 22.9 Å². The molecule has 0 saturated carbocycles. The van der Waals surface area contributed by atoms with Crippen LogP contribution >= 0.6 is 23.3 Å². The SMILES string of the molecule is CC.Cc1ccc(C(=O)NCC(C)c2ccc(Cl)cc2)c(NS(=O)(=O)c2cccc3nsnc23)c1. The topological polar surface area (TPSA) is 101 Å². The zero-order valence-corrected chi connectivity index (χ0v) is 22.3. The maximum absolute atomic E-state index is 13.2. The first-order chi connectivity index (χ1) is 16.7. The zero-order chi connectivity index (χ0) is 25.6. The molecule has 7 nitrogen and oxygen atoms in total. The third-order valence-corrected chi connectivity index (χ3v) is 7.40. The predicted octanol–water partition coefficient (Wildman–Crippen LogP) is 6.01. The third kappa shape index (κ3) is 6.36. The number of carbonyl (C=O) groups excluding carboxylic acids is 1. The number of nitrogens with zero attached hydrogens (tertiary/aromatic N) is 2. The number of aryl methyl sites for hydroxylation is 1. The summed E-state index contributed by atoms with van der Waals surface area (Å²) < 4.78 is 37.1. The fraction of sp³-hybridized carbons (Fsp3) is 0.240. The molecule has 0 radical (unpaired) electrons. The molecule has 1 heterocycles. The zero-order valence-electron chi connectivity index (χ0n) is 19.9. The van der Waals surface area contributed by atoms with E-state index in [0.29, 0.717) is 22.6 Å². The Kier molecular flexibility index (Phi) is 8.82. The standard InChI is InChI=1S/C23H21ClN4O3S2.C2H6/c1-14-6-11-18(23(29)25-13-15(2)16-7-9-17(24)10-8-16)20(12-14)28-33(30,31)21-5-3-4-19-22(21)27-32-26-19;1-2/h3-12,15,28H,13H2,1-2H3,(H,25,29);1-2H3. The molecule has 4 rings (SSSR count). The van der Waals surface area contributed by atoms with E-state index in [-0.39, 0.29) is 28.0 Å². The van der Waals surface area contributed by atoms with E-state index in [2.05, 4.69) is 18.8 Å². The number of fused-ring (bicyclic) bond motifs is 1. The van der Waals surface area contributed by atoms with Crippen molar-refractivity contribution in [3.63, 3.8) is 0 Å². The average molecular weight is 531 g/mol. The number of aromatic nitrogens is 2. The van der Waals surface area contributed by atoms with Gasteiger partial charge in [-0.25, -0.2) is 8.42 Å². The number of benzene rings is 3. The van der Waals surface area contributed by atoms with Gasteiger partial charge in [0.1, 0.15) is 15.9 Å². The van der Waals surface area contributed by atoms with E-state index in [1.807, 2.05) is 39.8 Å². The Morgan fingerprint density at radius 2 is 1.77 bits per heavy atom. The first kappa shape index (κ1) is 26.6. The van der Waals surface area contributed by atoms with Crippen molar-refractivity contribution in [1.82, 2.24) is 14.1 Å². The van der Waals surface area contributed by atoms with Crippen molar-refractivity contribution in [2.24, 2.45) is 0 Å². The van der Waals surface area contributed by atoms with Gasteiger partial charge in [-0.15, -0.1) is 0 Å². The molecular formula is C25H27ClN4O3S2. The van der Waals surface area contributed by atoms with E-state index >= 15 is 0 Å². The Balaban J connectivity index is 0.00000167. The molecule has 3 aromatic carbocycles. The Hall–Kier alpha value is -3.01. The van der Waals surface area contributed by atoms with Crippen LogP contribution in [-0.4, -0.2) is 29.6 Å². The molecule has 10 heteroatoms. The smallest absolute Gasteiger partial charge is 0.264 e. The van der Waals surface area contributed by atoms with Gasteiger partial charge in [-0.1, -0.05) is 56.6 Å². The second-order valence-electron chi connectivity index (χ2n) is 7.71. The highest BCUT2D eigenvalue weighted by Gasteiger charge is 2.23. The molecule has 35 heavy (non-hydrogen) atoms. The lowest BCUT2D eigenvalue weighted by Crippen LogP contribution is -2.28. The van der Waals surface area contributed by atoms with E-state index < -0.39 is 10.0 Å². The van der Waals surface area contributed by atoms with E-state index in [1.165, 1.54) is 6.07 Å². The van der Waals surface area contributed by atoms with Gasteiger partial charge < -0.3 is 5.32 Å². The van der Waals surface area contributed by atoms with Crippen molar-refractivity contribution in [3.05, 3.63) is 82.4 Å². The van der Waals surface area contributed by atoms with Crippen molar-refractivity contribution in [3.8, 4) is 0 Å². The summed E-state index contributed by atoms with van der Waals surface area (Å²) >= 11 is 6.89. The summed E-state index contributed by atoms with van der Waals surface area (Å²) in [7, 11) is -4.00. The van der Waals surface area contributed by atoms with Gasteiger partial charge in [-0.05, 0) is 60.4 Å². The molecule has 0 aliphatic rings. The molecule has 0 fully saturated rings. The van der Waals surface area contributed by atoms with Gasteiger partial charge in [0.2, 0.25) is 0 Å². The van der Waals surface area contributed by atoms with Crippen LogP contribution in [-0.2, 0) is 10.0 Å². The molecule has 1 aromatic heterocycles. The third-order valence-electron chi connectivity index (χ3n) is 5.21. The minimum absolute atomic E-state index is 0.0120. The van der Waals surface area contributed by atoms with Crippen molar-refractivity contribution < 1.29 is 13.2 Å². The van der Waals surface area contributed by atoms with Gasteiger partial charge in [0, 0.05) is 11.6 Å². The number of hydrogen-bond acceptors (Lipinski definition) is 6. The number of sulfonamides is 1. The van der Waals surface area contributed by atoms with Crippen LogP contribution in [0.1, 0.15) is 48.2 Å². The van der Waals surface area contributed by atoms with Crippen LogP contribution in [0.5, 0.6) is 0 Å². The van der Waals surface area contributed by atoms with Gasteiger partial charge in [-0.3, -0.25) is 9.52 Å². The van der Waals surface area contributed by atoms with E-state index in [1.54, 1.807) is 42.5 Å². The number of hydrogen-bond donors (Lipinski definition) is 2. The summed E-state index contributed by atoms with van der Waals surface area (Å²) in [5.41, 5.74) is 3.08. The molecule has 2 N–H and O–H groups in total. The van der Waals surface area contributed by atoms with Crippen LogP contribution in [0.15, 0.2) is 65.6 Å². The maximum Gasteiger partial charge on any atom is 0.264 e. The summed E-state index contributed by atoms with van der Waals surface area (Å²) in [5.74, 6) is -0.325. The normalized spacial score (nSPS) is 11.9. The molecule has 1 atom stereocenters. The lowest BCUT2D eigenvalue weighted by Gasteiger charge is -2.16.